The van der Waals surface area contributed by atoms with Crippen LogP contribution in [0.4, 0.5) is 0 Å². The number of rotatable bonds is 9. The van der Waals surface area contributed by atoms with Crippen LogP contribution < -0.4 is 19.5 Å². The molecule has 0 unspecified atom stereocenters. The summed E-state index contributed by atoms with van der Waals surface area (Å²) in [6.07, 6.45) is 4.80. The highest BCUT2D eigenvalue weighted by Gasteiger charge is 2.19. The molecule has 1 aliphatic rings. The molecule has 1 atom stereocenters. The van der Waals surface area contributed by atoms with E-state index in [0.717, 1.165) is 24.2 Å². The van der Waals surface area contributed by atoms with E-state index in [-0.39, 0.29) is 5.91 Å². The fourth-order valence-electron chi connectivity index (χ4n) is 3.67. The first-order chi connectivity index (χ1) is 14.1. The van der Waals surface area contributed by atoms with Crippen LogP contribution in [0.25, 0.3) is 0 Å². The molecule has 0 radical (unpaired) electrons. The molecule has 1 amide bonds. The maximum absolute atomic E-state index is 12.7. The molecule has 0 bridgehead atoms. The van der Waals surface area contributed by atoms with Gasteiger partial charge in [0.05, 0.1) is 13.7 Å². The minimum atomic E-state index is -0.513. The van der Waals surface area contributed by atoms with Crippen LogP contribution in [0.1, 0.15) is 49.8 Å². The zero-order valence-electron chi connectivity index (χ0n) is 17.6. The van der Waals surface area contributed by atoms with Gasteiger partial charge in [-0.25, -0.2) is 0 Å². The van der Waals surface area contributed by atoms with E-state index in [2.05, 4.69) is 17.4 Å². The molecule has 3 rings (SSSR count). The summed E-state index contributed by atoms with van der Waals surface area (Å²) in [5, 5.41) is 2.98. The number of carbonyl (C=O) groups excluding carboxylic acids is 1. The number of ether oxygens (including phenoxy) is 3. The molecule has 0 saturated carbocycles. The van der Waals surface area contributed by atoms with E-state index in [1.54, 1.807) is 7.11 Å². The minimum absolute atomic E-state index is 0.112. The highest BCUT2D eigenvalue weighted by molar-refractivity contribution is 5.81. The first-order valence-electron chi connectivity index (χ1n) is 10.5. The second-order valence-corrected chi connectivity index (χ2v) is 7.29. The average molecular weight is 398 g/mol. The third-order valence-electron chi connectivity index (χ3n) is 5.26. The van der Waals surface area contributed by atoms with Crippen molar-refractivity contribution in [1.29, 1.82) is 0 Å². The molecule has 0 spiro atoms. The molecule has 2 aromatic rings. The van der Waals surface area contributed by atoms with Crippen molar-refractivity contribution in [3.63, 3.8) is 0 Å². The van der Waals surface area contributed by atoms with Crippen LogP contribution in [0.5, 0.6) is 17.2 Å². The third kappa shape index (κ3) is 5.43. The van der Waals surface area contributed by atoms with Crippen LogP contribution in [-0.4, -0.2) is 25.7 Å². The SMILES string of the molecule is CCOc1cc(CNC(=O)[C@H](CC)Oc2ccc3c(c2)CCCC3)ccc1OC. The fourth-order valence-corrected chi connectivity index (χ4v) is 3.67. The lowest BCUT2D eigenvalue weighted by Gasteiger charge is -2.20. The molecule has 0 aliphatic heterocycles. The van der Waals surface area contributed by atoms with Gasteiger partial charge in [0.25, 0.3) is 5.91 Å². The summed E-state index contributed by atoms with van der Waals surface area (Å²) in [5.74, 6) is 2.03. The number of carbonyl (C=O) groups is 1. The molecule has 2 aromatic carbocycles. The largest absolute Gasteiger partial charge is 0.493 e. The van der Waals surface area contributed by atoms with E-state index in [4.69, 9.17) is 14.2 Å². The summed E-state index contributed by atoms with van der Waals surface area (Å²) in [5.41, 5.74) is 3.71. The standard InChI is InChI=1S/C24H31NO4/c1-4-21(29-20-12-11-18-8-6-7-9-19(18)15-20)24(26)25-16-17-10-13-22(27-3)23(14-17)28-5-2/h10-15,21H,4-9,16H2,1-3H3,(H,25,26)/t21-/m0/s1. The molecular weight excluding hydrogens is 366 g/mol. The Morgan fingerprint density at radius 1 is 1.03 bits per heavy atom. The number of benzene rings is 2. The molecular formula is C24H31NO4. The molecule has 5 heteroatoms. The Balaban J connectivity index is 1.61. The Morgan fingerprint density at radius 3 is 2.55 bits per heavy atom. The van der Waals surface area contributed by atoms with Crippen molar-refractivity contribution >= 4 is 5.91 Å². The van der Waals surface area contributed by atoms with E-state index < -0.39 is 6.10 Å². The van der Waals surface area contributed by atoms with Crippen LogP contribution in [0.2, 0.25) is 0 Å². The number of amides is 1. The maximum atomic E-state index is 12.7. The van der Waals surface area contributed by atoms with Crippen molar-refractivity contribution in [3.8, 4) is 17.2 Å². The lowest BCUT2D eigenvalue weighted by molar-refractivity contribution is -0.128. The quantitative estimate of drug-likeness (QED) is 0.679. The van der Waals surface area contributed by atoms with Crippen LogP contribution >= 0.6 is 0 Å². The predicted molar refractivity (Wildman–Crippen MR) is 114 cm³/mol. The summed E-state index contributed by atoms with van der Waals surface area (Å²) >= 11 is 0. The smallest absolute Gasteiger partial charge is 0.261 e. The third-order valence-corrected chi connectivity index (χ3v) is 5.26. The Labute approximate surface area is 173 Å². The van der Waals surface area contributed by atoms with Gasteiger partial charge in [0.1, 0.15) is 5.75 Å². The van der Waals surface area contributed by atoms with Crippen LogP contribution in [0, 0.1) is 0 Å². The molecule has 29 heavy (non-hydrogen) atoms. The van der Waals surface area contributed by atoms with Crippen molar-refractivity contribution in [2.24, 2.45) is 0 Å². The lowest BCUT2D eigenvalue weighted by Crippen LogP contribution is -2.37. The summed E-state index contributed by atoms with van der Waals surface area (Å²) in [7, 11) is 1.61. The van der Waals surface area contributed by atoms with Gasteiger partial charge in [-0.3, -0.25) is 4.79 Å². The number of methoxy groups -OCH3 is 1. The lowest BCUT2D eigenvalue weighted by atomic mass is 9.92. The van der Waals surface area contributed by atoms with Crippen molar-refractivity contribution < 1.29 is 19.0 Å². The fraction of sp³-hybridized carbons (Fsp3) is 0.458. The number of hydrogen-bond donors (Lipinski definition) is 1. The number of nitrogens with one attached hydrogen (secondary N) is 1. The maximum Gasteiger partial charge on any atom is 0.261 e. The summed E-state index contributed by atoms with van der Waals surface area (Å²) in [6.45, 7) is 4.85. The van der Waals surface area contributed by atoms with E-state index in [1.807, 2.05) is 38.1 Å². The van der Waals surface area contributed by atoms with E-state index in [1.165, 1.54) is 24.0 Å². The van der Waals surface area contributed by atoms with E-state index in [0.29, 0.717) is 31.1 Å². The summed E-state index contributed by atoms with van der Waals surface area (Å²) < 4.78 is 16.9. The number of fused-ring (bicyclic) bond motifs is 1. The monoisotopic (exact) mass is 397 g/mol. The van der Waals surface area contributed by atoms with Gasteiger partial charge in [0, 0.05) is 6.54 Å². The molecule has 0 saturated heterocycles. The van der Waals surface area contributed by atoms with Gasteiger partial charge in [-0.1, -0.05) is 19.1 Å². The van der Waals surface area contributed by atoms with Gasteiger partial charge in [-0.15, -0.1) is 0 Å². The first-order valence-corrected chi connectivity index (χ1v) is 10.5. The first kappa shape index (κ1) is 21.0. The zero-order valence-corrected chi connectivity index (χ0v) is 17.6. The number of aryl methyl sites for hydroxylation is 2. The van der Waals surface area contributed by atoms with Gasteiger partial charge < -0.3 is 19.5 Å². The van der Waals surface area contributed by atoms with Crippen molar-refractivity contribution in [1.82, 2.24) is 5.32 Å². The molecule has 0 aromatic heterocycles. The predicted octanol–water partition coefficient (Wildman–Crippen LogP) is 4.45. The van der Waals surface area contributed by atoms with Crippen LogP contribution in [0.3, 0.4) is 0 Å². The molecule has 1 N–H and O–H groups in total. The Morgan fingerprint density at radius 2 is 1.83 bits per heavy atom. The van der Waals surface area contributed by atoms with E-state index in [9.17, 15) is 4.79 Å². The number of hydrogen-bond acceptors (Lipinski definition) is 4. The van der Waals surface area contributed by atoms with Crippen LogP contribution in [-0.2, 0) is 24.2 Å². The summed E-state index contributed by atoms with van der Waals surface area (Å²) in [6, 6.07) is 11.9. The Hall–Kier alpha value is -2.69. The second-order valence-electron chi connectivity index (χ2n) is 7.29. The van der Waals surface area contributed by atoms with E-state index >= 15 is 0 Å². The Bertz CT molecular complexity index is 834. The normalized spacial score (nSPS) is 13.9. The second kappa shape index (κ2) is 10.2. The molecule has 1 aliphatic carbocycles. The minimum Gasteiger partial charge on any atom is -0.493 e. The molecule has 0 fully saturated rings. The van der Waals surface area contributed by atoms with Gasteiger partial charge in [0.2, 0.25) is 0 Å². The highest BCUT2D eigenvalue weighted by Crippen LogP contribution is 2.28. The van der Waals surface area contributed by atoms with Crippen molar-refractivity contribution in [2.75, 3.05) is 13.7 Å². The van der Waals surface area contributed by atoms with Gasteiger partial charge in [-0.05, 0) is 80.0 Å². The zero-order chi connectivity index (χ0) is 20.6. The molecule has 5 nitrogen and oxygen atoms in total. The summed E-state index contributed by atoms with van der Waals surface area (Å²) in [4.78, 5) is 12.7. The van der Waals surface area contributed by atoms with Gasteiger partial charge in [-0.2, -0.15) is 0 Å². The molecule has 0 heterocycles. The topological polar surface area (TPSA) is 56.8 Å². The van der Waals surface area contributed by atoms with Gasteiger partial charge in [0.15, 0.2) is 17.6 Å². The van der Waals surface area contributed by atoms with Gasteiger partial charge >= 0.3 is 0 Å². The Kier molecular flexibility index (Phi) is 7.39. The molecule has 156 valence electrons. The van der Waals surface area contributed by atoms with Crippen molar-refractivity contribution in [3.05, 3.63) is 53.1 Å². The van der Waals surface area contributed by atoms with Crippen LogP contribution in [0.15, 0.2) is 36.4 Å². The average Bonchev–Trinajstić information content (AvgIpc) is 2.76. The highest BCUT2D eigenvalue weighted by atomic mass is 16.5. The van der Waals surface area contributed by atoms with Crippen molar-refractivity contribution in [2.45, 2.75) is 58.6 Å².